The molecule has 204 valence electrons. The lowest BCUT2D eigenvalue weighted by Gasteiger charge is -2.12. The van der Waals surface area contributed by atoms with Crippen molar-refractivity contribution in [2.24, 2.45) is 7.05 Å². The third kappa shape index (κ3) is 4.97. The van der Waals surface area contributed by atoms with Gasteiger partial charge in [0.1, 0.15) is 28.5 Å². The van der Waals surface area contributed by atoms with Crippen LogP contribution in [0.2, 0.25) is 0 Å². The van der Waals surface area contributed by atoms with Crippen molar-refractivity contribution in [3.8, 4) is 29.1 Å². The van der Waals surface area contributed by atoms with E-state index in [2.05, 4.69) is 10.3 Å². The standard InChI is InChI=1S/C30H24N6O5/c1-19-26(30(39)36(34(19)2)21-11-5-4-6-12-21)33-27(37)20(18-31)17-22-28(41-24-14-8-7-13-23(24)40-3)32-25-15-9-10-16-35(25)29(22)38/h4-17H,1-3H3,(H,33,37)/b20-17+. The number of aromatic nitrogens is 4. The molecule has 41 heavy (non-hydrogen) atoms. The molecule has 0 aliphatic heterocycles. The molecule has 11 nitrogen and oxygen atoms in total. The lowest BCUT2D eigenvalue weighted by molar-refractivity contribution is -0.112. The molecule has 3 heterocycles. The molecule has 0 radical (unpaired) electrons. The summed E-state index contributed by atoms with van der Waals surface area (Å²) in [5.74, 6) is -0.334. The zero-order valence-corrected chi connectivity index (χ0v) is 22.4. The Morgan fingerprint density at radius 1 is 0.976 bits per heavy atom. The molecule has 0 saturated carbocycles. The number of nitrogens with zero attached hydrogens (tertiary/aromatic N) is 5. The third-order valence-electron chi connectivity index (χ3n) is 6.46. The Morgan fingerprint density at radius 3 is 2.37 bits per heavy atom. The Labute approximate surface area is 233 Å². The summed E-state index contributed by atoms with van der Waals surface area (Å²) < 4.78 is 15.6. The summed E-state index contributed by atoms with van der Waals surface area (Å²) in [4.78, 5) is 44.5. The number of fused-ring (bicyclic) bond motifs is 1. The molecule has 0 unspecified atom stereocenters. The Hall–Kier alpha value is -5.89. The highest BCUT2D eigenvalue weighted by atomic mass is 16.5. The highest BCUT2D eigenvalue weighted by Crippen LogP contribution is 2.32. The smallest absolute Gasteiger partial charge is 0.295 e. The first kappa shape index (κ1) is 26.7. The molecule has 0 atom stereocenters. The lowest BCUT2D eigenvalue weighted by atomic mass is 10.1. The Kier molecular flexibility index (Phi) is 7.21. The van der Waals surface area contributed by atoms with Gasteiger partial charge in [-0.25, -0.2) is 4.68 Å². The molecule has 5 aromatic rings. The first-order valence-electron chi connectivity index (χ1n) is 12.4. The number of pyridine rings is 1. The Balaban J connectivity index is 1.59. The van der Waals surface area contributed by atoms with Gasteiger partial charge in [0.25, 0.3) is 17.0 Å². The van der Waals surface area contributed by atoms with E-state index in [0.29, 0.717) is 22.8 Å². The fourth-order valence-corrected chi connectivity index (χ4v) is 4.28. The van der Waals surface area contributed by atoms with Gasteiger partial charge in [-0.15, -0.1) is 0 Å². The molecule has 3 aromatic heterocycles. The van der Waals surface area contributed by atoms with Gasteiger partial charge in [-0.3, -0.25) is 23.5 Å². The van der Waals surface area contributed by atoms with E-state index in [1.807, 2.05) is 12.1 Å². The second kappa shape index (κ2) is 11.1. The van der Waals surface area contributed by atoms with Gasteiger partial charge in [-0.2, -0.15) is 10.2 Å². The van der Waals surface area contributed by atoms with Gasteiger partial charge >= 0.3 is 0 Å². The maximum atomic E-state index is 13.5. The number of nitriles is 1. The van der Waals surface area contributed by atoms with E-state index >= 15 is 0 Å². The molecular weight excluding hydrogens is 524 g/mol. The number of methoxy groups -OCH3 is 1. The van der Waals surface area contributed by atoms with Crippen molar-refractivity contribution in [3.63, 3.8) is 0 Å². The molecule has 0 bridgehead atoms. The molecule has 1 amide bonds. The van der Waals surface area contributed by atoms with Crippen LogP contribution in [0, 0.1) is 18.3 Å². The van der Waals surface area contributed by atoms with Crippen LogP contribution in [0.25, 0.3) is 17.4 Å². The predicted molar refractivity (Wildman–Crippen MR) is 152 cm³/mol. The molecule has 0 saturated heterocycles. The van der Waals surface area contributed by atoms with E-state index in [1.54, 1.807) is 85.4 Å². The highest BCUT2D eigenvalue weighted by molar-refractivity contribution is 6.10. The number of benzene rings is 2. The Morgan fingerprint density at radius 2 is 1.66 bits per heavy atom. The largest absolute Gasteiger partial charge is 0.493 e. The minimum absolute atomic E-state index is 0.00126. The van der Waals surface area contributed by atoms with Gasteiger partial charge in [0.2, 0.25) is 5.88 Å². The maximum Gasteiger partial charge on any atom is 0.295 e. The number of carbonyl (C=O) groups is 1. The number of anilines is 1. The number of hydrogen-bond acceptors (Lipinski definition) is 7. The van der Waals surface area contributed by atoms with Gasteiger partial charge in [-0.1, -0.05) is 36.4 Å². The van der Waals surface area contributed by atoms with E-state index in [4.69, 9.17) is 9.47 Å². The molecular formula is C30H24N6O5. The van der Waals surface area contributed by atoms with Crippen molar-refractivity contribution in [3.05, 3.63) is 117 Å². The summed E-state index contributed by atoms with van der Waals surface area (Å²) in [5, 5.41) is 12.5. The van der Waals surface area contributed by atoms with Crippen LogP contribution in [0.5, 0.6) is 17.4 Å². The summed E-state index contributed by atoms with van der Waals surface area (Å²) in [6.45, 7) is 1.67. The topological polar surface area (TPSA) is 133 Å². The lowest BCUT2D eigenvalue weighted by Crippen LogP contribution is -2.24. The molecule has 0 aliphatic rings. The van der Waals surface area contributed by atoms with Crippen LogP contribution < -0.4 is 25.9 Å². The molecule has 11 heteroatoms. The second-order valence-corrected chi connectivity index (χ2v) is 8.88. The van der Waals surface area contributed by atoms with Gasteiger partial charge in [0.05, 0.1) is 18.5 Å². The fourth-order valence-electron chi connectivity index (χ4n) is 4.28. The monoisotopic (exact) mass is 548 g/mol. The average Bonchev–Trinajstić information content (AvgIpc) is 3.20. The van der Waals surface area contributed by atoms with Crippen molar-refractivity contribution in [2.75, 3.05) is 12.4 Å². The number of ether oxygens (including phenoxy) is 2. The number of rotatable bonds is 7. The number of amides is 1. The van der Waals surface area contributed by atoms with Crippen LogP contribution in [0.4, 0.5) is 5.69 Å². The van der Waals surface area contributed by atoms with E-state index < -0.39 is 22.6 Å². The van der Waals surface area contributed by atoms with Crippen molar-refractivity contribution in [1.29, 1.82) is 5.26 Å². The zero-order valence-electron chi connectivity index (χ0n) is 22.4. The number of nitrogens with one attached hydrogen (secondary N) is 1. The van der Waals surface area contributed by atoms with Crippen LogP contribution in [0.3, 0.4) is 0 Å². The average molecular weight is 549 g/mol. The van der Waals surface area contributed by atoms with Gasteiger partial charge in [0.15, 0.2) is 11.5 Å². The summed E-state index contributed by atoms with van der Waals surface area (Å²) in [6.07, 6.45) is 2.61. The minimum Gasteiger partial charge on any atom is -0.493 e. The van der Waals surface area contributed by atoms with Crippen LogP contribution in [-0.2, 0) is 11.8 Å². The van der Waals surface area contributed by atoms with Crippen LogP contribution in [0.15, 0.2) is 94.2 Å². The van der Waals surface area contributed by atoms with Crippen LogP contribution in [0.1, 0.15) is 11.3 Å². The molecule has 0 fully saturated rings. The first-order valence-corrected chi connectivity index (χ1v) is 12.4. The van der Waals surface area contributed by atoms with Crippen LogP contribution in [-0.4, -0.2) is 31.8 Å². The number of hydrogen-bond donors (Lipinski definition) is 1. The summed E-state index contributed by atoms with van der Waals surface area (Å²) >= 11 is 0. The molecule has 0 aliphatic carbocycles. The third-order valence-corrected chi connectivity index (χ3v) is 6.46. The summed E-state index contributed by atoms with van der Waals surface area (Å²) in [5.41, 5.74) is -0.246. The minimum atomic E-state index is -0.876. The second-order valence-electron chi connectivity index (χ2n) is 8.88. The van der Waals surface area contributed by atoms with Gasteiger partial charge in [0, 0.05) is 13.2 Å². The summed E-state index contributed by atoms with van der Waals surface area (Å²) in [6, 6.07) is 22.5. The SMILES string of the molecule is COc1ccccc1Oc1nc2ccccn2c(=O)c1/C=C(\C#N)C(=O)Nc1c(C)n(C)n(-c2ccccc2)c1=O. The fraction of sp³-hybridized carbons (Fsp3) is 0.100. The van der Waals surface area contributed by atoms with Crippen molar-refractivity contribution in [2.45, 2.75) is 6.92 Å². The molecule has 2 aromatic carbocycles. The first-order chi connectivity index (χ1) is 19.8. The van der Waals surface area contributed by atoms with E-state index in [-0.39, 0.29) is 22.9 Å². The number of para-hydroxylation sites is 3. The van der Waals surface area contributed by atoms with Gasteiger partial charge in [-0.05, 0) is 49.4 Å². The molecule has 0 spiro atoms. The number of carbonyl (C=O) groups excluding carboxylic acids is 1. The normalized spacial score (nSPS) is 11.2. The van der Waals surface area contributed by atoms with Crippen molar-refractivity contribution >= 4 is 23.3 Å². The van der Waals surface area contributed by atoms with Crippen molar-refractivity contribution < 1.29 is 14.3 Å². The maximum absolute atomic E-state index is 13.5. The molecule has 1 N–H and O–H groups in total. The quantitative estimate of drug-likeness (QED) is 0.241. The van der Waals surface area contributed by atoms with E-state index in [1.165, 1.54) is 22.4 Å². The predicted octanol–water partition coefficient (Wildman–Crippen LogP) is 3.84. The Bertz CT molecular complexity index is 1980. The zero-order chi connectivity index (χ0) is 29.1. The van der Waals surface area contributed by atoms with E-state index in [0.717, 1.165) is 6.08 Å². The molecule has 5 rings (SSSR count). The van der Waals surface area contributed by atoms with Crippen molar-refractivity contribution in [1.82, 2.24) is 18.7 Å². The van der Waals surface area contributed by atoms with Crippen LogP contribution >= 0.6 is 0 Å². The van der Waals surface area contributed by atoms with Gasteiger partial charge < -0.3 is 14.8 Å². The van der Waals surface area contributed by atoms with E-state index in [9.17, 15) is 19.6 Å². The highest BCUT2D eigenvalue weighted by Gasteiger charge is 2.22. The summed E-state index contributed by atoms with van der Waals surface area (Å²) in [7, 11) is 3.16.